The summed E-state index contributed by atoms with van der Waals surface area (Å²) in [4.78, 5) is 9.22. The van der Waals surface area contributed by atoms with E-state index in [1.807, 2.05) is 12.4 Å². The lowest BCUT2D eigenvalue weighted by Crippen LogP contribution is -2.13. The zero-order valence-corrected chi connectivity index (χ0v) is 21.2. The van der Waals surface area contributed by atoms with Crippen LogP contribution in [0.2, 0.25) is 0 Å². The third-order valence-corrected chi connectivity index (χ3v) is 7.30. The minimum atomic E-state index is 0.799. The van der Waals surface area contributed by atoms with Gasteiger partial charge in [0, 0.05) is 18.0 Å². The molecule has 0 aliphatic heterocycles. The Morgan fingerprint density at radius 3 is 2.09 bits per heavy atom. The van der Waals surface area contributed by atoms with Gasteiger partial charge in [0.05, 0.1) is 6.61 Å². The maximum absolute atomic E-state index is 5.98. The highest BCUT2D eigenvalue weighted by Crippen LogP contribution is 2.31. The van der Waals surface area contributed by atoms with Crippen molar-refractivity contribution in [1.82, 2.24) is 9.97 Å². The number of nitrogens with zero attached hydrogens (tertiary/aromatic N) is 2. The van der Waals surface area contributed by atoms with Crippen LogP contribution in [0.3, 0.4) is 0 Å². The molecule has 1 aromatic heterocycles. The fraction of sp³-hybridized carbons (Fsp3) is 0.667. The van der Waals surface area contributed by atoms with E-state index in [0.717, 1.165) is 48.4 Å². The number of aryl methyl sites for hydroxylation is 1. The molecule has 0 amide bonds. The minimum absolute atomic E-state index is 0.799. The molecule has 3 nitrogen and oxygen atoms in total. The Kier molecular flexibility index (Phi) is 11.8. The molecule has 0 bridgehead atoms. The van der Waals surface area contributed by atoms with Gasteiger partial charge in [-0.1, -0.05) is 84.5 Å². The molecule has 3 rings (SSSR count). The number of hydrogen-bond acceptors (Lipinski definition) is 3. The molecule has 1 heterocycles. The van der Waals surface area contributed by atoms with Gasteiger partial charge in [-0.2, -0.15) is 0 Å². The van der Waals surface area contributed by atoms with Crippen LogP contribution in [0, 0.1) is 11.8 Å². The van der Waals surface area contributed by atoms with Crippen molar-refractivity contribution in [3.8, 4) is 17.1 Å². The molecule has 33 heavy (non-hydrogen) atoms. The zero-order valence-electron chi connectivity index (χ0n) is 21.2. The van der Waals surface area contributed by atoms with Crippen molar-refractivity contribution in [2.24, 2.45) is 11.8 Å². The van der Waals surface area contributed by atoms with E-state index < -0.39 is 0 Å². The molecule has 0 saturated heterocycles. The fourth-order valence-electron chi connectivity index (χ4n) is 4.98. The number of unbranched alkanes of at least 4 members (excludes halogenated alkanes) is 7. The molecule has 0 radical (unpaired) electrons. The topological polar surface area (TPSA) is 35.0 Å². The Morgan fingerprint density at radius 1 is 0.788 bits per heavy atom. The van der Waals surface area contributed by atoms with Crippen LogP contribution in [0.4, 0.5) is 0 Å². The lowest BCUT2D eigenvalue weighted by atomic mass is 9.81. The van der Waals surface area contributed by atoms with Crippen LogP contribution in [0.1, 0.15) is 109 Å². The van der Waals surface area contributed by atoms with E-state index in [0.29, 0.717) is 0 Å². The number of ether oxygens (including phenoxy) is 1. The van der Waals surface area contributed by atoms with Crippen LogP contribution < -0.4 is 4.74 Å². The lowest BCUT2D eigenvalue weighted by molar-refractivity contribution is 0.245. The van der Waals surface area contributed by atoms with E-state index in [2.05, 4.69) is 48.1 Å². The minimum Gasteiger partial charge on any atom is -0.494 e. The lowest BCUT2D eigenvalue weighted by Gasteiger charge is -2.25. The summed E-state index contributed by atoms with van der Waals surface area (Å²) in [6.45, 7) is 5.48. The molecule has 0 N–H and O–H groups in total. The van der Waals surface area contributed by atoms with E-state index in [1.165, 1.54) is 89.0 Å². The van der Waals surface area contributed by atoms with Crippen LogP contribution in [0.25, 0.3) is 11.4 Å². The van der Waals surface area contributed by atoms with E-state index >= 15 is 0 Å². The Balaban J connectivity index is 1.31. The second-order valence-corrected chi connectivity index (χ2v) is 10.3. The third kappa shape index (κ3) is 9.86. The monoisotopic (exact) mass is 450 g/mol. The third-order valence-electron chi connectivity index (χ3n) is 7.30. The van der Waals surface area contributed by atoms with Crippen molar-refractivity contribution in [1.29, 1.82) is 0 Å². The molecule has 1 saturated carbocycles. The van der Waals surface area contributed by atoms with Gasteiger partial charge >= 0.3 is 0 Å². The maximum Gasteiger partial charge on any atom is 0.159 e. The summed E-state index contributed by atoms with van der Waals surface area (Å²) in [6, 6.07) is 8.25. The first kappa shape index (κ1) is 25.7. The molecule has 3 heteroatoms. The van der Waals surface area contributed by atoms with Gasteiger partial charge in [-0.3, -0.25) is 0 Å². The Hall–Kier alpha value is -1.90. The molecule has 1 fully saturated rings. The first-order chi connectivity index (χ1) is 16.2. The number of aromatic nitrogens is 2. The van der Waals surface area contributed by atoms with Gasteiger partial charge in [-0.15, -0.1) is 0 Å². The normalized spacial score (nSPS) is 18.4. The predicted molar refractivity (Wildman–Crippen MR) is 140 cm³/mol. The highest BCUT2D eigenvalue weighted by Gasteiger charge is 2.17. The molecular formula is C30H46N2O. The van der Waals surface area contributed by atoms with E-state index in [1.54, 1.807) is 0 Å². The highest BCUT2D eigenvalue weighted by molar-refractivity contribution is 5.55. The van der Waals surface area contributed by atoms with Crippen molar-refractivity contribution in [2.75, 3.05) is 6.61 Å². The van der Waals surface area contributed by atoms with Crippen LogP contribution >= 0.6 is 0 Å². The first-order valence-corrected chi connectivity index (χ1v) is 13.8. The molecule has 2 aromatic rings. The predicted octanol–water partition coefficient (Wildman–Crippen LogP) is 8.81. The van der Waals surface area contributed by atoms with Gasteiger partial charge < -0.3 is 4.74 Å². The molecule has 1 aliphatic rings. The summed E-state index contributed by atoms with van der Waals surface area (Å²) in [7, 11) is 0. The standard InChI is InChI=1S/C30H46N2O/c1-3-4-5-6-7-8-9-10-12-27-23-31-30(32-24-27)28-18-20-29(21-19-28)33-22-11-13-26-16-14-25(2)15-17-26/h18-21,23-26H,3-17,22H2,1-2H3. The first-order valence-electron chi connectivity index (χ1n) is 13.8. The van der Waals surface area contributed by atoms with Crippen molar-refractivity contribution >= 4 is 0 Å². The van der Waals surface area contributed by atoms with E-state index in [-0.39, 0.29) is 0 Å². The molecule has 0 atom stereocenters. The highest BCUT2D eigenvalue weighted by atomic mass is 16.5. The van der Waals surface area contributed by atoms with E-state index in [9.17, 15) is 0 Å². The zero-order chi connectivity index (χ0) is 23.1. The van der Waals surface area contributed by atoms with Crippen LogP contribution in [-0.2, 0) is 6.42 Å². The smallest absolute Gasteiger partial charge is 0.159 e. The molecule has 182 valence electrons. The average Bonchev–Trinajstić information content (AvgIpc) is 2.85. The van der Waals surface area contributed by atoms with Crippen LogP contribution in [-0.4, -0.2) is 16.6 Å². The molecule has 1 aromatic carbocycles. The summed E-state index contributed by atoms with van der Waals surface area (Å²) in [5.74, 6) is 3.60. The summed E-state index contributed by atoms with van der Waals surface area (Å²) < 4.78 is 5.98. The SMILES string of the molecule is CCCCCCCCCCc1cnc(-c2ccc(OCCCC3CCC(C)CC3)cc2)nc1. The fourth-order valence-corrected chi connectivity index (χ4v) is 4.98. The molecular weight excluding hydrogens is 404 g/mol. The second-order valence-electron chi connectivity index (χ2n) is 10.3. The molecule has 0 spiro atoms. The number of hydrogen-bond donors (Lipinski definition) is 0. The average molecular weight is 451 g/mol. The largest absolute Gasteiger partial charge is 0.494 e. The quantitative estimate of drug-likeness (QED) is 0.254. The number of rotatable bonds is 15. The van der Waals surface area contributed by atoms with Crippen LogP contribution in [0.15, 0.2) is 36.7 Å². The van der Waals surface area contributed by atoms with Crippen molar-refractivity contribution < 1.29 is 4.74 Å². The molecule has 0 unspecified atom stereocenters. The summed E-state index contributed by atoms with van der Waals surface area (Å²) >= 11 is 0. The number of benzene rings is 1. The van der Waals surface area contributed by atoms with Crippen LogP contribution in [0.5, 0.6) is 5.75 Å². The summed E-state index contributed by atoms with van der Waals surface area (Å²) in [5, 5.41) is 0. The van der Waals surface area contributed by atoms with Crippen molar-refractivity contribution in [3.05, 3.63) is 42.2 Å². The van der Waals surface area contributed by atoms with Crippen molar-refractivity contribution in [2.45, 2.75) is 110 Å². The van der Waals surface area contributed by atoms with E-state index in [4.69, 9.17) is 4.74 Å². The molecule has 1 aliphatic carbocycles. The summed E-state index contributed by atoms with van der Waals surface area (Å²) in [5.41, 5.74) is 2.30. The maximum atomic E-state index is 5.98. The van der Waals surface area contributed by atoms with Gasteiger partial charge in [-0.05, 0) is 67.3 Å². The van der Waals surface area contributed by atoms with Crippen molar-refractivity contribution in [3.63, 3.8) is 0 Å². The van der Waals surface area contributed by atoms with Gasteiger partial charge in [0.25, 0.3) is 0 Å². The van der Waals surface area contributed by atoms with Gasteiger partial charge in [-0.25, -0.2) is 9.97 Å². The summed E-state index contributed by atoms with van der Waals surface area (Å²) in [6.07, 6.45) is 24.0. The van der Waals surface area contributed by atoms with Gasteiger partial charge in [0.2, 0.25) is 0 Å². The second kappa shape index (κ2) is 15.1. The van der Waals surface area contributed by atoms with Gasteiger partial charge in [0.15, 0.2) is 5.82 Å². The van der Waals surface area contributed by atoms with Gasteiger partial charge in [0.1, 0.15) is 5.75 Å². The Morgan fingerprint density at radius 2 is 1.42 bits per heavy atom. The Bertz CT molecular complexity index is 748. The Labute approximate surface area is 202 Å².